The maximum absolute atomic E-state index is 12.1. The Labute approximate surface area is 133 Å². The normalized spacial score (nSPS) is 22.2. The zero-order valence-electron chi connectivity index (χ0n) is 12.8. The fraction of sp³-hybridized carbons (Fsp3) is 0.600. The molecule has 0 bridgehead atoms. The van der Waals surface area contributed by atoms with Crippen LogP contribution in [0.3, 0.4) is 0 Å². The SMILES string of the molecule is CC1C(Oc2cccc(Br)n2)CCN1C(=O)OC(C)(C)C. The van der Waals surface area contributed by atoms with Crippen molar-refractivity contribution in [3.05, 3.63) is 22.8 Å². The molecule has 2 unspecified atom stereocenters. The van der Waals surface area contributed by atoms with Gasteiger partial charge in [-0.25, -0.2) is 9.78 Å². The van der Waals surface area contributed by atoms with Crippen LogP contribution in [0.2, 0.25) is 0 Å². The van der Waals surface area contributed by atoms with Gasteiger partial charge in [0.15, 0.2) is 0 Å². The first kappa shape index (κ1) is 16.1. The number of likely N-dealkylation sites (tertiary alicyclic amines) is 1. The van der Waals surface area contributed by atoms with Crippen molar-refractivity contribution < 1.29 is 14.3 Å². The van der Waals surface area contributed by atoms with Crippen molar-refractivity contribution in [3.8, 4) is 5.88 Å². The highest BCUT2D eigenvalue weighted by Crippen LogP contribution is 2.25. The Morgan fingerprint density at radius 2 is 2.14 bits per heavy atom. The first-order valence-corrected chi connectivity index (χ1v) is 7.84. The van der Waals surface area contributed by atoms with Gasteiger partial charge in [-0.2, -0.15) is 0 Å². The molecule has 2 atom stereocenters. The van der Waals surface area contributed by atoms with E-state index in [0.29, 0.717) is 12.4 Å². The van der Waals surface area contributed by atoms with E-state index < -0.39 is 5.60 Å². The van der Waals surface area contributed by atoms with Crippen LogP contribution >= 0.6 is 15.9 Å². The molecule has 21 heavy (non-hydrogen) atoms. The standard InChI is InChI=1S/C15H21BrN2O3/c1-10-11(20-13-7-5-6-12(16)17-13)8-9-18(10)14(19)21-15(2,3)4/h5-7,10-11H,8-9H2,1-4H3. The van der Waals surface area contributed by atoms with E-state index in [2.05, 4.69) is 20.9 Å². The van der Waals surface area contributed by atoms with Crippen molar-refractivity contribution >= 4 is 22.0 Å². The minimum absolute atomic E-state index is 0.0411. The molecule has 116 valence electrons. The highest BCUT2D eigenvalue weighted by molar-refractivity contribution is 9.10. The molecule has 0 aromatic carbocycles. The Kier molecular flexibility index (Phi) is 4.76. The number of hydrogen-bond acceptors (Lipinski definition) is 4. The van der Waals surface area contributed by atoms with E-state index in [1.807, 2.05) is 45.9 Å². The zero-order chi connectivity index (χ0) is 15.6. The summed E-state index contributed by atoms with van der Waals surface area (Å²) in [6, 6.07) is 5.49. The topological polar surface area (TPSA) is 51.7 Å². The fourth-order valence-corrected chi connectivity index (χ4v) is 2.59. The fourth-order valence-electron chi connectivity index (χ4n) is 2.26. The van der Waals surface area contributed by atoms with Crippen LogP contribution in [0.25, 0.3) is 0 Å². The molecule has 0 spiro atoms. The number of ether oxygens (including phenoxy) is 2. The monoisotopic (exact) mass is 356 g/mol. The summed E-state index contributed by atoms with van der Waals surface area (Å²) in [6.45, 7) is 8.20. The van der Waals surface area contributed by atoms with Crippen molar-refractivity contribution in [2.45, 2.75) is 51.9 Å². The average Bonchev–Trinajstić information content (AvgIpc) is 2.69. The van der Waals surface area contributed by atoms with Crippen LogP contribution in [0.15, 0.2) is 22.8 Å². The third-order valence-electron chi connectivity index (χ3n) is 3.27. The minimum atomic E-state index is -0.485. The number of hydrogen-bond donors (Lipinski definition) is 0. The summed E-state index contributed by atoms with van der Waals surface area (Å²) < 4.78 is 12.0. The predicted molar refractivity (Wildman–Crippen MR) is 83.4 cm³/mol. The molecule has 0 N–H and O–H groups in total. The van der Waals surface area contributed by atoms with Crippen LogP contribution in [-0.2, 0) is 4.74 Å². The van der Waals surface area contributed by atoms with Crippen molar-refractivity contribution in [2.24, 2.45) is 0 Å². The number of pyridine rings is 1. The Bertz CT molecular complexity index is 516. The van der Waals surface area contributed by atoms with Gasteiger partial charge in [-0.15, -0.1) is 0 Å². The van der Waals surface area contributed by atoms with E-state index in [-0.39, 0.29) is 18.2 Å². The van der Waals surface area contributed by atoms with Gasteiger partial charge >= 0.3 is 6.09 Å². The summed E-state index contributed by atoms with van der Waals surface area (Å²) in [5, 5.41) is 0. The maximum atomic E-state index is 12.1. The molecule has 2 heterocycles. The highest BCUT2D eigenvalue weighted by atomic mass is 79.9. The average molecular weight is 357 g/mol. The molecule has 1 amide bonds. The van der Waals surface area contributed by atoms with Crippen molar-refractivity contribution in [1.29, 1.82) is 0 Å². The van der Waals surface area contributed by atoms with Gasteiger partial charge in [0.05, 0.1) is 6.04 Å². The van der Waals surface area contributed by atoms with Gasteiger partial charge in [-0.1, -0.05) is 6.07 Å². The summed E-state index contributed by atoms with van der Waals surface area (Å²) in [6.07, 6.45) is 0.414. The van der Waals surface area contributed by atoms with Crippen LogP contribution < -0.4 is 4.74 Å². The first-order chi connectivity index (χ1) is 9.76. The van der Waals surface area contributed by atoms with E-state index in [1.165, 1.54) is 0 Å². The molecule has 1 aromatic heterocycles. The maximum Gasteiger partial charge on any atom is 0.410 e. The molecule has 1 aliphatic heterocycles. The zero-order valence-corrected chi connectivity index (χ0v) is 14.4. The molecule has 0 aliphatic carbocycles. The summed E-state index contributed by atoms with van der Waals surface area (Å²) in [5.74, 6) is 0.562. The lowest BCUT2D eigenvalue weighted by molar-refractivity contribution is 0.0190. The van der Waals surface area contributed by atoms with Gasteiger partial charge in [0.1, 0.15) is 16.3 Å². The number of aromatic nitrogens is 1. The molecule has 1 aliphatic rings. The largest absolute Gasteiger partial charge is 0.472 e. The minimum Gasteiger partial charge on any atom is -0.472 e. The molecule has 5 nitrogen and oxygen atoms in total. The van der Waals surface area contributed by atoms with Crippen molar-refractivity contribution in [1.82, 2.24) is 9.88 Å². The summed E-state index contributed by atoms with van der Waals surface area (Å²) >= 11 is 3.32. The number of carbonyl (C=O) groups excluding carboxylic acids is 1. The molecule has 0 saturated carbocycles. The number of halogens is 1. The molecule has 0 radical (unpaired) electrons. The number of rotatable bonds is 2. The van der Waals surface area contributed by atoms with E-state index in [9.17, 15) is 4.79 Å². The van der Waals surface area contributed by atoms with Crippen LogP contribution in [0, 0.1) is 0 Å². The number of nitrogens with zero attached hydrogens (tertiary/aromatic N) is 2. The van der Waals surface area contributed by atoms with Crippen LogP contribution in [0.5, 0.6) is 5.88 Å². The summed E-state index contributed by atoms with van der Waals surface area (Å²) in [7, 11) is 0. The van der Waals surface area contributed by atoms with Gasteiger partial charge in [0.2, 0.25) is 5.88 Å². The third-order valence-corrected chi connectivity index (χ3v) is 3.72. The van der Waals surface area contributed by atoms with Crippen molar-refractivity contribution in [2.75, 3.05) is 6.54 Å². The van der Waals surface area contributed by atoms with E-state index in [4.69, 9.17) is 9.47 Å². The van der Waals surface area contributed by atoms with Crippen LogP contribution in [-0.4, -0.2) is 40.3 Å². The molecule has 1 fully saturated rings. The van der Waals surface area contributed by atoms with E-state index in [0.717, 1.165) is 11.0 Å². The van der Waals surface area contributed by atoms with Gasteiger partial charge < -0.3 is 14.4 Å². The Balaban J connectivity index is 1.98. The quantitative estimate of drug-likeness (QED) is 0.759. The Hall–Kier alpha value is -1.30. The van der Waals surface area contributed by atoms with Gasteiger partial charge in [0.25, 0.3) is 0 Å². The lowest BCUT2D eigenvalue weighted by Gasteiger charge is -2.28. The summed E-state index contributed by atoms with van der Waals surface area (Å²) in [4.78, 5) is 18.1. The summed E-state index contributed by atoms with van der Waals surface area (Å²) in [5.41, 5.74) is -0.485. The number of amides is 1. The Morgan fingerprint density at radius 1 is 1.43 bits per heavy atom. The lowest BCUT2D eigenvalue weighted by atomic mass is 10.2. The predicted octanol–water partition coefficient (Wildman–Crippen LogP) is 3.62. The van der Waals surface area contributed by atoms with Crippen LogP contribution in [0.4, 0.5) is 4.79 Å². The van der Waals surface area contributed by atoms with E-state index in [1.54, 1.807) is 4.90 Å². The molecular formula is C15H21BrN2O3. The molecule has 1 aromatic rings. The van der Waals surface area contributed by atoms with Crippen LogP contribution in [0.1, 0.15) is 34.1 Å². The second-order valence-corrected chi connectivity index (χ2v) is 6.97. The van der Waals surface area contributed by atoms with Crippen molar-refractivity contribution in [3.63, 3.8) is 0 Å². The number of carbonyl (C=O) groups is 1. The first-order valence-electron chi connectivity index (χ1n) is 7.05. The Morgan fingerprint density at radius 3 is 2.76 bits per heavy atom. The molecule has 1 saturated heterocycles. The van der Waals surface area contributed by atoms with Gasteiger partial charge in [-0.3, -0.25) is 0 Å². The molecular weight excluding hydrogens is 336 g/mol. The third kappa shape index (κ3) is 4.33. The molecule has 2 rings (SSSR count). The van der Waals surface area contributed by atoms with Gasteiger partial charge in [-0.05, 0) is 49.7 Å². The highest BCUT2D eigenvalue weighted by Gasteiger charge is 2.37. The lowest BCUT2D eigenvalue weighted by Crippen LogP contribution is -2.42. The second-order valence-electron chi connectivity index (χ2n) is 6.16. The smallest absolute Gasteiger partial charge is 0.410 e. The second kappa shape index (κ2) is 6.22. The molecule has 6 heteroatoms. The van der Waals surface area contributed by atoms with E-state index >= 15 is 0 Å². The van der Waals surface area contributed by atoms with Gasteiger partial charge in [0, 0.05) is 19.0 Å².